The molecule has 3 aromatic carbocycles. The van der Waals surface area contributed by atoms with E-state index in [4.69, 9.17) is 4.74 Å². The molecule has 5 rings (SSSR count). The average Bonchev–Trinajstić information content (AvgIpc) is 3.44. The zero-order chi connectivity index (χ0) is 23.5. The standard InChI is InChI=1S/C29H28N2O3/c1-34-25-13-10-22(11-14-25)29(33)15-12-23-18-31(28-9-5-3-7-26(23)28)20-24(32)19-30-17-16-21-6-2-4-8-27(21)30/h2-15,18,24,32H,16-17,19-20H2,1H3/b15-12-/t24-/m1/s1. The molecule has 2 heterocycles. The summed E-state index contributed by atoms with van der Waals surface area (Å²) in [6, 6.07) is 23.6. The number of nitrogens with zero attached hydrogens (tertiary/aromatic N) is 2. The molecule has 172 valence electrons. The Morgan fingerprint density at radius 2 is 1.79 bits per heavy atom. The van der Waals surface area contributed by atoms with Crippen LogP contribution in [0.3, 0.4) is 0 Å². The number of rotatable bonds is 8. The van der Waals surface area contributed by atoms with Gasteiger partial charge in [-0.1, -0.05) is 36.4 Å². The van der Waals surface area contributed by atoms with Gasteiger partial charge in [-0.25, -0.2) is 0 Å². The van der Waals surface area contributed by atoms with Crippen molar-refractivity contribution in [2.24, 2.45) is 0 Å². The van der Waals surface area contributed by atoms with Crippen molar-refractivity contribution in [2.75, 3.05) is 25.1 Å². The lowest BCUT2D eigenvalue weighted by molar-refractivity contribution is 0.104. The van der Waals surface area contributed by atoms with Crippen molar-refractivity contribution in [1.29, 1.82) is 0 Å². The van der Waals surface area contributed by atoms with Crippen LogP contribution in [0.2, 0.25) is 0 Å². The minimum absolute atomic E-state index is 0.0628. The number of aliphatic hydroxyl groups excluding tert-OH is 1. The van der Waals surface area contributed by atoms with Crippen molar-refractivity contribution in [3.05, 3.63) is 102 Å². The first-order valence-corrected chi connectivity index (χ1v) is 11.6. The van der Waals surface area contributed by atoms with E-state index in [1.54, 1.807) is 37.5 Å². The molecule has 1 aromatic heterocycles. The third kappa shape index (κ3) is 4.47. The van der Waals surface area contributed by atoms with Crippen LogP contribution in [0.1, 0.15) is 21.5 Å². The second-order valence-corrected chi connectivity index (χ2v) is 8.66. The highest BCUT2D eigenvalue weighted by molar-refractivity contribution is 6.07. The van der Waals surface area contributed by atoms with Crippen molar-refractivity contribution < 1.29 is 14.6 Å². The molecule has 0 saturated heterocycles. The Labute approximate surface area is 199 Å². The molecule has 5 nitrogen and oxygen atoms in total. The number of hydrogen-bond donors (Lipinski definition) is 1. The van der Waals surface area contributed by atoms with Crippen LogP contribution in [-0.4, -0.2) is 41.8 Å². The number of aromatic nitrogens is 1. The molecule has 5 heteroatoms. The number of hydrogen-bond acceptors (Lipinski definition) is 4. The van der Waals surface area contributed by atoms with Crippen molar-refractivity contribution in [2.45, 2.75) is 19.1 Å². The number of allylic oxidation sites excluding steroid dienone is 1. The number of fused-ring (bicyclic) bond motifs is 2. The third-order valence-corrected chi connectivity index (χ3v) is 6.43. The monoisotopic (exact) mass is 452 g/mol. The zero-order valence-electron chi connectivity index (χ0n) is 19.2. The van der Waals surface area contributed by atoms with E-state index in [9.17, 15) is 9.90 Å². The number of aliphatic hydroxyl groups is 1. The third-order valence-electron chi connectivity index (χ3n) is 6.43. The highest BCUT2D eigenvalue weighted by Gasteiger charge is 2.21. The maximum absolute atomic E-state index is 12.7. The van der Waals surface area contributed by atoms with E-state index >= 15 is 0 Å². The summed E-state index contributed by atoms with van der Waals surface area (Å²) >= 11 is 0. The molecule has 1 atom stereocenters. The van der Waals surface area contributed by atoms with Gasteiger partial charge in [0.1, 0.15) is 5.75 Å². The molecule has 0 saturated carbocycles. The molecular weight excluding hydrogens is 424 g/mol. The number of carbonyl (C=O) groups is 1. The van der Waals surface area contributed by atoms with Crippen molar-refractivity contribution in [3.63, 3.8) is 0 Å². The van der Waals surface area contributed by atoms with Crippen LogP contribution >= 0.6 is 0 Å². The van der Waals surface area contributed by atoms with Crippen molar-refractivity contribution in [1.82, 2.24) is 4.57 Å². The molecule has 0 aliphatic carbocycles. The van der Waals surface area contributed by atoms with Gasteiger partial charge in [0, 0.05) is 47.0 Å². The molecule has 34 heavy (non-hydrogen) atoms. The second kappa shape index (κ2) is 9.57. The fraction of sp³-hybridized carbons (Fsp3) is 0.207. The Hall–Kier alpha value is -3.83. The lowest BCUT2D eigenvalue weighted by Crippen LogP contribution is -2.33. The summed E-state index contributed by atoms with van der Waals surface area (Å²) < 4.78 is 7.25. The van der Waals surface area contributed by atoms with Crippen LogP contribution in [0.5, 0.6) is 5.75 Å². The number of ether oxygens (including phenoxy) is 1. The summed E-state index contributed by atoms with van der Waals surface area (Å²) in [7, 11) is 1.60. The Morgan fingerprint density at radius 3 is 2.62 bits per heavy atom. The summed E-state index contributed by atoms with van der Waals surface area (Å²) in [5.41, 5.74) is 5.17. The van der Waals surface area contributed by atoms with Gasteiger partial charge in [0.05, 0.1) is 19.8 Å². The average molecular weight is 453 g/mol. The van der Waals surface area contributed by atoms with Gasteiger partial charge < -0.3 is 19.3 Å². The van der Waals surface area contributed by atoms with E-state index in [0.717, 1.165) is 35.2 Å². The second-order valence-electron chi connectivity index (χ2n) is 8.66. The quantitative estimate of drug-likeness (QED) is 0.303. The van der Waals surface area contributed by atoms with Gasteiger partial charge in [-0.15, -0.1) is 0 Å². The lowest BCUT2D eigenvalue weighted by atomic mass is 10.1. The minimum atomic E-state index is -0.514. The van der Waals surface area contributed by atoms with Crippen molar-refractivity contribution in [3.8, 4) is 5.75 Å². The highest BCUT2D eigenvalue weighted by Crippen LogP contribution is 2.28. The van der Waals surface area contributed by atoms with E-state index in [0.29, 0.717) is 18.7 Å². The number of benzene rings is 3. The number of carbonyl (C=O) groups excluding carboxylic acids is 1. The number of anilines is 1. The molecule has 0 fully saturated rings. The fourth-order valence-electron chi connectivity index (χ4n) is 4.71. The summed E-state index contributed by atoms with van der Waals surface area (Å²) in [6.45, 7) is 2.01. The molecular formula is C29H28N2O3. The Bertz CT molecular complexity index is 1340. The number of methoxy groups -OCH3 is 1. The molecule has 0 radical (unpaired) electrons. The number of β-amino-alcohol motifs (C(OH)–C–C–N with tert-alkyl or cyclic N) is 1. The van der Waals surface area contributed by atoms with Gasteiger partial charge in [0.15, 0.2) is 5.78 Å². The number of ketones is 1. The predicted molar refractivity (Wildman–Crippen MR) is 137 cm³/mol. The molecule has 1 N–H and O–H groups in total. The van der Waals surface area contributed by atoms with Crippen LogP contribution < -0.4 is 9.64 Å². The largest absolute Gasteiger partial charge is 0.497 e. The molecule has 0 unspecified atom stereocenters. The normalized spacial score (nSPS) is 14.0. The highest BCUT2D eigenvalue weighted by atomic mass is 16.5. The Morgan fingerprint density at radius 1 is 1.03 bits per heavy atom. The smallest absolute Gasteiger partial charge is 0.185 e. The fourth-order valence-corrected chi connectivity index (χ4v) is 4.71. The van der Waals surface area contributed by atoms with Gasteiger partial charge in [-0.3, -0.25) is 4.79 Å². The molecule has 4 aromatic rings. The summed E-state index contributed by atoms with van der Waals surface area (Å²) in [6.07, 6.45) is 5.98. The molecule has 0 amide bonds. The molecule has 1 aliphatic rings. The first kappa shape index (κ1) is 22.0. The van der Waals surface area contributed by atoms with E-state index < -0.39 is 6.10 Å². The summed E-state index contributed by atoms with van der Waals surface area (Å²) in [5, 5.41) is 12.0. The van der Waals surface area contributed by atoms with Gasteiger partial charge in [0.2, 0.25) is 0 Å². The Kier molecular flexibility index (Phi) is 6.19. The van der Waals surface area contributed by atoms with Crippen LogP contribution in [-0.2, 0) is 13.0 Å². The maximum Gasteiger partial charge on any atom is 0.185 e. The van der Waals surface area contributed by atoms with Gasteiger partial charge in [-0.05, 0) is 60.5 Å². The Balaban J connectivity index is 1.33. The van der Waals surface area contributed by atoms with E-state index in [1.807, 2.05) is 30.5 Å². The van der Waals surface area contributed by atoms with Crippen LogP contribution in [0, 0.1) is 0 Å². The zero-order valence-corrected chi connectivity index (χ0v) is 19.2. The SMILES string of the molecule is COc1ccc(C(=O)/C=C\c2cn(C[C@H](O)CN3CCc4ccccc43)c3ccccc23)cc1. The first-order chi connectivity index (χ1) is 16.6. The lowest BCUT2D eigenvalue weighted by Gasteiger charge is -2.23. The maximum atomic E-state index is 12.7. The van der Waals surface area contributed by atoms with Crippen LogP contribution in [0.25, 0.3) is 17.0 Å². The summed E-state index contributed by atoms with van der Waals surface area (Å²) in [4.78, 5) is 14.9. The minimum Gasteiger partial charge on any atom is -0.497 e. The summed E-state index contributed by atoms with van der Waals surface area (Å²) in [5.74, 6) is 0.659. The van der Waals surface area contributed by atoms with Crippen LogP contribution in [0.15, 0.2) is 85.1 Å². The molecule has 0 bridgehead atoms. The van der Waals surface area contributed by atoms with Crippen molar-refractivity contribution >= 4 is 28.4 Å². The molecule has 0 spiro atoms. The van der Waals surface area contributed by atoms with E-state index in [-0.39, 0.29) is 5.78 Å². The number of para-hydroxylation sites is 2. The molecule has 1 aliphatic heterocycles. The van der Waals surface area contributed by atoms with E-state index in [1.165, 1.54) is 11.3 Å². The van der Waals surface area contributed by atoms with Gasteiger partial charge >= 0.3 is 0 Å². The van der Waals surface area contributed by atoms with E-state index in [2.05, 4.69) is 39.8 Å². The van der Waals surface area contributed by atoms with Gasteiger partial charge in [-0.2, -0.15) is 0 Å². The van der Waals surface area contributed by atoms with Gasteiger partial charge in [0.25, 0.3) is 0 Å². The van der Waals surface area contributed by atoms with Crippen LogP contribution in [0.4, 0.5) is 5.69 Å². The topological polar surface area (TPSA) is 54.7 Å². The first-order valence-electron chi connectivity index (χ1n) is 11.6. The predicted octanol–water partition coefficient (Wildman–Crippen LogP) is 4.97.